The average molecular weight is 215 g/mol. The van der Waals surface area contributed by atoms with Crippen molar-refractivity contribution >= 4 is 11.9 Å². The van der Waals surface area contributed by atoms with Gasteiger partial charge in [-0.25, -0.2) is 4.79 Å². The van der Waals surface area contributed by atoms with E-state index in [0.717, 1.165) is 12.8 Å². The van der Waals surface area contributed by atoms with Crippen LogP contribution in [0.4, 0.5) is 0 Å². The standard InChI is InChI=1S/C11H21NO3/c1-5-9(6-2)7-10(13)12(4)8(3)11(14)15/h8-9H,5-7H2,1-4H3,(H,14,15). The molecule has 0 bridgehead atoms. The highest BCUT2D eigenvalue weighted by molar-refractivity contribution is 5.83. The van der Waals surface area contributed by atoms with Crippen LogP contribution in [0.1, 0.15) is 40.0 Å². The predicted octanol–water partition coefficient (Wildman–Crippen LogP) is 1.74. The molecule has 0 radical (unpaired) electrons. The second-order valence-corrected chi connectivity index (χ2v) is 3.91. The van der Waals surface area contributed by atoms with Crippen LogP contribution in [0.5, 0.6) is 0 Å². The van der Waals surface area contributed by atoms with Gasteiger partial charge in [-0.1, -0.05) is 26.7 Å². The van der Waals surface area contributed by atoms with Crippen molar-refractivity contribution in [2.45, 2.75) is 46.1 Å². The van der Waals surface area contributed by atoms with Gasteiger partial charge < -0.3 is 10.0 Å². The largest absolute Gasteiger partial charge is 0.480 e. The Morgan fingerprint density at radius 3 is 2.07 bits per heavy atom. The minimum atomic E-state index is -0.963. The first-order valence-corrected chi connectivity index (χ1v) is 5.42. The molecule has 0 aliphatic rings. The summed E-state index contributed by atoms with van der Waals surface area (Å²) in [5.41, 5.74) is 0. The lowest BCUT2D eigenvalue weighted by atomic mass is 9.98. The number of nitrogens with zero attached hydrogens (tertiary/aromatic N) is 1. The predicted molar refractivity (Wildman–Crippen MR) is 58.6 cm³/mol. The van der Waals surface area contributed by atoms with E-state index in [0.29, 0.717) is 12.3 Å². The summed E-state index contributed by atoms with van der Waals surface area (Å²) >= 11 is 0. The lowest BCUT2D eigenvalue weighted by molar-refractivity contribution is -0.148. The molecule has 1 atom stereocenters. The van der Waals surface area contributed by atoms with E-state index in [4.69, 9.17) is 5.11 Å². The first kappa shape index (κ1) is 13.9. The molecule has 4 heteroatoms. The van der Waals surface area contributed by atoms with E-state index in [2.05, 4.69) is 0 Å². The first-order valence-electron chi connectivity index (χ1n) is 5.42. The summed E-state index contributed by atoms with van der Waals surface area (Å²) in [5, 5.41) is 8.76. The summed E-state index contributed by atoms with van der Waals surface area (Å²) in [6.45, 7) is 5.61. The summed E-state index contributed by atoms with van der Waals surface area (Å²) < 4.78 is 0. The molecule has 0 rings (SSSR count). The van der Waals surface area contributed by atoms with E-state index in [1.807, 2.05) is 13.8 Å². The summed E-state index contributed by atoms with van der Waals surface area (Å²) in [6.07, 6.45) is 2.36. The van der Waals surface area contributed by atoms with E-state index < -0.39 is 12.0 Å². The third-order valence-electron chi connectivity index (χ3n) is 2.95. The second-order valence-electron chi connectivity index (χ2n) is 3.91. The van der Waals surface area contributed by atoms with Crippen LogP contribution in [0, 0.1) is 5.92 Å². The van der Waals surface area contributed by atoms with Crippen molar-refractivity contribution in [2.24, 2.45) is 5.92 Å². The Hall–Kier alpha value is -1.06. The number of carboxylic acid groups (broad SMARTS) is 1. The van der Waals surface area contributed by atoms with Crippen LogP contribution in [0.15, 0.2) is 0 Å². The fraction of sp³-hybridized carbons (Fsp3) is 0.818. The van der Waals surface area contributed by atoms with E-state index in [1.165, 1.54) is 11.8 Å². The smallest absolute Gasteiger partial charge is 0.326 e. The normalized spacial score (nSPS) is 12.6. The van der Waals surface area contributed by atoms with E-state index in [1.54, 1.807) is 7.05 Å². The van der Waals surface area contributed by atoms with Crippen LogP contribution in [0.3, 0.4) is 0 Å². The molecule has 0 aromatic carbocycles. The molecule has 0 fully saturated rings. The van der Waals surface area contributed by atoms with Crippen molar-refractivity contribution in [3.8, 4) is 0 Å². The van der Waals surface area contributed by atoms with E-state index in [-0.39, 0.29) is 5.91 Å². The molecular formula is C11H21NO3. The van der Waals surface area contributed by atoms with Gasteiger partial charge in [-0.05, 0) is 12.8 Å². The third kappa shape index (κ3) is 4.32. The van der Waals surface area contributed by atoms with Crippen molar-refractivity contribution in [3.63, 3.8) is 0 Å². The maximum atomic E-state index is 11.7. The Morgan fingerprint density at radius 2 is 1.73 bits per heavy atom. The summed E-state index contributed by atoms with van der Waals surface area (Å²) in [6, 6.07) is -0.744. The molecule has 0 heterocycles. The summed E-state index contributed by atoms with van der Waals surface area (Å²) in [5.74, 6) is -0.685. The third-order valence-corrected chi connectivity index (χ3v) is 2.95. The summed E-state index contributed by atoms with van der Waals surface area (Å²) in [4.78, 5) is 23.7. The molecule has 88 valence electrons. The molecule has 0 spiro atoms. The highest BCUT2D eigenvalue weighted by Gasteiger charge is 2.22. The van der Waals surface area contributed by atoms with Gasteiger partial charge in [-0.3, -0.25) is 4.79 Å². The van der Waals surface area contributed by atoms with Crippen molar-refractivity contribution < 1.29 is 14.7 Å². The number of carboxylic acids is 1. The molecule has 4 nitrogen and oxygen atoms in total. The Balaban J connectivity index is 4.26. The Labute approximate surface area is 91.3 Å². The molecule has 0 aliphatic heterocycles. The molecule has 0 saturated carbocycles. The molecule has 0 aromatic heterocycles. The lowest BCUT2D eigenvalue weighted by Crippen LogP contribution is -2.40. The number of likely N-dealkylation sites (N-methyl/N-ethyl adjacent to an activating group) is 1. The van der Waals surface area contributed by atoms with Crippen LogP contribution in [0.2, 0.25) is 0 Å². The van der Waals surface area contributed by atoms with Crippen LogP contribution in [-0.4, -0.2) is 35.0 Å². The molecule has 0 aliphatic carbocycles. The second kappa shape index (κ2) is 6.43. The molecule has 1 unspecified atom stereocenters. The maximum Gasteiger partial charge on any atom is 0.326 e. The topological polar surface area (TPSA) is 57.6 Å². The number of carbonyl (C=O) groups excluding carboxylic acids is 1. The zero-order chi connectivity index (χ0) is 12.0. The number of hydrogen-bond donors (Lipinski definition) is 1. The molecule has 1 N–H and O–H groups in total. The first-order chi connectivity index (χ1) is 6.93. The minimum absolute atomic E-state index is 0.0846. The SMILES string of the molecule is CCC(CC)CC(=O)N(C)C(C)C(=O)O. The van der Waals surface area contributed by atoms with Crippen molar-refractivity contribution in [3.05, 3.63) is 0 Å². The highest BCUT2D eigenvalue weighted by atomic mass is 16.4. The fourth-order valence-corrected chi connectivity index (χ4v) is 1.35. The Morgan fingerprint density at radius 1 is 1.27 bits per heavy atom. The van der Waals surface area contributed by atoms with Crippen LogP contribution in [0.25, 0.3) is 0 Å². The molecule has 0 aromatic rings. The Bertz CT molecular complexity index is 224. The Kier molecular flexibility index (Phi) is 5.97. The van der Waals surface area contributed by atoms with E-state index >= 15 is 0 Å². The van der Waals surface area contributed by atoms with Gasteiger partial charge in [0.2, 0.25) is 5.91 Å². The molecule has 0 saturated heterocycles. The number of hydrogen-bond acceptors (Lipinski definition) is 2. The summed E-state index contributed by atoms with van der Waals surface area (Å²) in [7, 11) is 1.55. The molecule has 15 heavy (non-hydrogen) atoms. The van der Waals surface area contributed by atoms with Gasteiger partial charge in [-0.15, -0.1) is 0 Å². The van der Waals surface area contributed by atoms with Gasteiger partial charge >= 0.3 is 5.97 Å². The molecule has 1 amide bonds. The van der Waals surface area contributed by atoms with Gasteiger partial charge in [-0.2, -0.15) is 0 Å². The van der Waals surface area contributed by atoms with Crippen LogP contribution < -0.4 is 0 Å². The molecular weight excluding hydrogens is 194 g/mol. The zero-order valence-corrected chi connectivity index (χ0v) is 9.99. The highest BCUT2D eigenvalue weighted by Crippen LogP contribution is 2.14. The monoisotopic (exact) mass is 215 g/mol. The van der Waals surface area contributed by atoms with Gasteiger partial charge in [0.05, 0.1) is 0 Å². The average Bonchev–Trinajstić information content (AvgIpc) is 2.23. The van der Waals surface area contributed by atoms with Crippen LogP contribution in [-0.2, 0) is 9.59 Å². The van der Waals surface area contributed by atoms with E-state index in [9.17, 15) is 9.59 Å². The number of carbonyl (C=O) groups is 2. The number of rotatable bonds is 6. The maximum absolute atomic E-state index is 11.7. The lowest BCUT2D eigenvalue weighted by Gasteiger charge is -2.23. The number of amides is 1. The quantitative estimate of drug-likeness (QED) is 0.734. The van der Waals surface area contributed by atoms with Gasteiger partial charge in [0.25, 0.3) is 0 Å². The van der Waals surface area contributed by atoms with Gasteiger partial charge in [0.15, 0.2) is 0 Å². The van der Waals surface area contributed by atoms with Crippen molar-refractivity contribution in [2.75, 3.05) is 7.05 Å². The number of aliphatic carboxylic acids is 1. The zero-order valence-electron chi connectivity index (χ0n) is 9.99. The fourth-order valence-electron chi connectivity index (χ4n) is 1.35. The van der Waals surface area contributed by atoms with Crippen molar-refractivity contribution in [1.29, 1.82) is 0 Å². The van der Waals surface area contributed by atoms with Gasteiger partial charge in [0, 0.05) is 13.5 Å². The van der Waals surface area contributed by atoms with Crippen LogP contribution >= 0.6 is 0 Å². The van der Waals surface area contributed by atoms with Crippen molar-refractivity contribution in [1.82, 2.24) is 4.90 Å². The van der Waals surface area contributed by atoms with Gasteiger partial charge in [0.1, 0.15) is 6.04 Å². The minimum Gasteiger partial charge on any atom is -0.480 e.